The van der Waals surface area contributed by atoms with Gasteiger partial charge in [0.05, 0.1) is 0 Å². The maximum Gasteiger partial charge on any atom is 0.105 e. The molecule has 0 fully saturated rings. The fourth-order valence-electron chi connectivity index (χ4n) is 1.40. The van der Waals surface area contributed by atoms with E-state index in [0.29, 0.717) is 0 Å². The van der Waals surface area contributed by atoms with E-state index in [-0.39, 0.29) is 16.3 Å². The summed E-state index contributed by atoms with van der Waals surface area (Å²) in [5, 5.41) is 0.955. The first-order valence-electron chi connectivity index (χ1n) is 5.64. The highest BCUT2D eigenvalue weighted by Crippen LogP contribution is 2.66. The van der Waals surface area contributed by atoms with Crippen molar-refractivity contribution in [3.63, 3.8) is 0 Å². The Morgan fingerprint density at radius 2 is 1.41 bits per heavy atom. The molecule has 0 aromatic carbocycles. The van der Waals surface area contributed by atoms with Crippen LogP contribution in [0.2, 0.25) is 0 Å². The molecule has 0 unspecified atom stereocenters. The van der Waals surface area contributed by atoms with Crippen molar-refractivity contribution >= 4 is 78.9 Å². The van der Waals surface area contributed by atoms with Crippen molar-refractivity contribution in [1.29, 1.82) is 0 Å². The predicted octanol–water partition coefficient (Wildman–Crippen LogP) is 6.59. The first kappa shape index (κ1) is 19.4. The Morgan fingerprint density at radius 3 is 1.71 bits per heavy atom. The van der Waals surface area contributed by atoms with Crippen molar-refractivity contribution in [1.82, 2.24) is 0 Å². The lowest BCUT2D eigenvalue weighted by atomic mass is 10.0. The zero-order valence-corrected chi connectivity index (χ0v) is 17.5. The average molecular weight is 494 g/mol. The second-order valence-electron chi connectivity index (χ2n) is 4.63. The molecule has 0 N–H and O–H groups in total. The van der Waals surface area contributed by atoms with Gasteiger partial charge in [-0.05, 0) is 25.2 Å². The van der Waals surface area contributed by atoms with Gasteiger partial charge in [-0.1, -0.05) is 69.6 Å². The molecule has 0 aromatic heterocycles. The topological polar surface area (TPSA) is 0 Å². The van der Waals surface area contributed by atoms with Gasteiger partial charge in [0.2, 0.25) is 0 Å². The number of alkyl halides is 5. The first-order chi connectivity index (χ1) is 7.83. The summed E-state index contributed by atoms with van der Waals surface area (Å²) in [6, 6.07) is 0. The molecule has 0 saturated carbocycles. The molecular weight excluding hydrogens is 474 g/mol. The molecule has 0 heterocycles. The Labute approximate surface area is 142 Å². The second kappa shape index (κ2) is 9.40. The maximum absolute atomic E-state index is 5.82. The highest BCUT2D eigenvalue weighted by Gasteiger charge is 2.45. The van der Waals surface area contributed by atoms with Crippen LogP contribution in [0.4, 0.5) is 0 Å². The Balaban J connectivity index is 4.73. The number of rotatable bonds is 9. The average Bonchev–Trinajstić information content (AvgIpc) is 2.28. The zero-order valence-electron chi connectivity index (χ0n) is 10.3. The summed E-state index contributed by atoms with van der Waals surface area (Å²) in [4.78, 5) is 0. The van der Waals surface area contributed by atoms with Crippen molar-refractivity contribution in [3.05, 3.63) is 0 Å². The maximum atomic E-state index is 5.82. The summed E-state index contributed by atoms with van der Waals surface area (Å²) in [5.74, 6) is 1.48. The summed E-state index contributed by atoms with van der Waals surface area (Å²) in [6.07, 6.45) is 4.52. The Morgan fingerprint density at radius 1 is 1.00 bits per heavy atom. The van der Waals surface area contributed by atoms with Gasteiger partial charge in [0.1, 0.15) is 2.97 Å². The fourth-order valence-corrected chi connectivity index (χ4v) is 8.64. The van der Waals surface area contributed by atoms with Crippen molar-refractivity contribution < 1.29 is 0 Å². The van der Waals surface area contributed by atoms with E-state index in [1.807, 2.05) is 0 Å². The lowest BCUT2D eigenvalue weighted by Crippen LogP contribution is -2.34. The third-order valence-electron chi connectivity index (χ3n) is 2.67. The normalized spacial score (nSPS) is 13.4. The smallest absolute Gasteiger partial charge is 0.105 e. The van der Waals surface area contributed by atoms with E-state index in [9.17, 15) is 0 Å². The van der Waals surface area contributed by atoms with Crippen LogP contribution in [0.5, 0.6) is 0 Å². The van der Waals surface area contributed by atoms with Crippen LogP contribution in [0.1, 0.15) is 26.7 Å². The number of halogens is 5. The number of hydrogen-bond donors (Lipinski definition) is 0. The summed E-state index contributed by atoms with van der Waals surface area (Å²) < 4.78 is -0.00997. The van der Waals surface area contributed by atoms with Crippen LogP contribution in [0, 0.1) is 5.41 Å². The van der Waals surface area contributed by atoms with Gasteiger partial charge >= 0.3 is 0 Å². The van der Waals surface area contributed by atoms with Crippen molar-refractivity contribution in [2.75, 3.05) is 29.4 Å². The third kappa shape index (κ3) is 6.17. The molecule has 0 rings (SSSR count). The minimum absolute atomic E-state index is 0.00997. The van der Waals surface area contributed by atoms with Gasteiger partial charge in [-0.2, -0.15) is 0 Å². The fraction of sp³-hybridized carbons (Fsp3) is 1.00. The largest absolute Gasteiger partial charge is 0.127 e. The van der Waals surface area contributed by atoms with Crippen LogP contribution < -0.4 is 0 Å². The summed E-state index contributed by atoms with van der Waals surface area (Å²) in [6.45, 7) is 4.53. The van der Waals surface area contributed by atoms with Crippen molar-refractivity contribution in [2.45, 2.75) is 29.7 Å². The first-order valence-corrected chi connectivity index (χ1v) is 11.1. The van der Waals surface area contributed by atoms with Gasteiger partial charge in [-0.15, -0.1) is 23.2 Å². The quantitative estimate of drug-likeness (QED) is 0.251. The molecule has 0 amide bonds. The molecule has 0 atom stereocenters. The highest BCUT2D eigenvalue weighted by atomic mass is 79.9. The lowest BCUT2D eigenvalue weighted by Gasteiger charge is -2.43. The highest BCUT2D eigenvalue weighted by molar-refractivity contribution is 9.27. The predicted molar refractivity (Wildman–Crippen MR) is 95.5 cm³/mol. The molecule has 0 aliphatic heterocycles. The molecule has 17 heavy (non-hydrogen) atoms. The summed E-state index contributed by atoms with van der Waals surface area (Å²) in [5.41, 5.74) is 0.150. The minimum Gasteiger partial charge on any atom is -0.127 e. The van der Waals surface area contributed by atoms with Crippen LogP contribution in [0.15, 0.2) is 0 Å². The van der Waals surface area contributed by atoms with Crippen LogP contribution in [-0.2, 0) is 0 Å². The minimum atomic E-state index is -0.175. The van der Waals surface area contributed by atoms with Crippen LogP contribution in [0.3, 0.4) is 0 Å². The van der Waals surface area contributed by atoms with Crippen molar-refractivity contribution in [2.24, 2.45) is 5.41 Å². The molecule has 0 nitrogen and oxygen atoms in total. The van der Waals surface area contributed by atoms with E-state index in [1.54, 1.807) is 0 Å². The molecule has 0 spiro atoms. The molecule has 0 aromatic rings. The van der Waals surface area contributed by atoms with E-state index in [0.717, 1.165) is 29.9 Å². The lowest BCUT2D eigenvalue weighted by molar-refractivity contribution is 0.457. The molecule has 104 valence electrons. The Kier molecular flexibility index (Phi) is 10.8. The number of hydrogen-bond acceptors (Lipinski definition) is 0. The van der Waals surface area contributed by atoms with E-state index < -0.39 is 0 Å². The SMILES string of the molecule is CC(C)(CBr)C(Br)(Br)P(CCCCl)CCCCl. The standard InChI is InChI=1S/C11H20Br3Cl2P/c1-10(2,9-12)11(13,14)17(7-3-5-15)8-4-6-16/h3-9H2,1-2H3. The van der Waals surface area contributed by atoms with E-state index in [4.69, 9.17) is 23.2 Å². The Bertz CT molecular complexity index is 205. The van der Waals surface area contributed by atoms with Gasteiger partial charge in [0.15, 0.2) is 0 Å². The van der Waals surface area contributed by atoms with Crippen LogP contribution >= 0.6 is 78.9 Å². The molecule has 0 aliphatic carbocycles. The Hall–Kier alpha value is 2.45. The van der Waals surface area contributed by atoms with Crippen LogP contribution in [-0.4, -0.2) is 32.4 Å². The second-order valence-corrected chi connectivity index (χ2v) is 13.3. The van der Waals surface area contributed by atoms with Gasteiger partial charge in [0, 0.05) is 22.5 Å². The summed E-state index contributed by atoms with van der Waals surface area (Å²) in [7, 11) is -0.175. The summed E-state index contributed by atoms with van der Waals surface area (Å²) >= 11 is 23.1. The third-order valence-corrected chi connectivity index (χ3v) is 12.9. The molecular formula is C11H20Br3Cl2P. The van der Waals surface area contributed by atoms with E-state index in [2.05, 4.69) is 61.6 Å². The monoisotopic (exact) mass is 490 g/mol. The van der Waals surface area contributed by atoms with Gasteiger partial charge in [0.25, 0.3) is 0 Å². The van der Waals surface area contributed by atoms with Crippen molar-refractivity contribution in [3.8, 4) is 0 Å². The van der Waals surface area contributed by atoms with Gasteiger partial charge in [-0.25, -0.2) is 0 Å². The van der Waals surface area contributed by atoms with E-state index in [1.165, 1.54) is 12.3 Å². The molecule has 0 saturated heterocycles. The molecule has 6 heteroatoms. The zero-order chi connectivity index (χ0) is 13.5. The van der Waals surface area contributed by atoms with Gasteiger partial charge in [-0.3, -0.25) is 0 Å². The van der Waals surface area contributed by atoms with Crippen LogP contribution in [0.25, 0.3) is 0 Å². The molecule has 0 bridgehead atoms. The molecule has 0 radical (unpaired) electrons. The van der Waals surface area contributed by atoms with Gasteiger partial charge < -0.3 is 0 Å². The van der Waals surface area contributed by atoms with E-state index >= 15 is 0 Å². The molecule has 0 aliphatic rings.